The summed E-state index contributed by atoms with van der Waals surface area (Å²) in [6.45, 7) is 5.60. The molecule has 5 rings (SSSR count). The summed E-state index contributed by atoms with van der Waals surface area (Å²) < 4.78 is 10.7. The van der Waals surface area contributed by atoms with Crippen LogP contribution in [0.5, 0.6) is 5.75 Å². The second kappa shape index (κ2) is 8.99. The molecular formula is C25H25N5O3. The number of aromatic nitrogens is 3. The quantitative estimate of drug-likeness (QED) is 0.466. The molecule has 1 aliphatic rings. The van der Waals surface area contributed by atoms with E-state index in [2.05, 4.69) is 26.1 Å². The maximum Gasteiger partial charge on any atom is 0.259 e. The molecule has 1 aromatic carbocycles. The number of pyridine rings is 2. The number of aryl methyl sites for hydroxylation is 1. The first-order chi connectivity index (χ1) is 16.1. The maximum atomic E-state index is 13.6. The van der Waals surface area contributed by atoms with Crippen LogP contribution in [-0.2, 0) is 6.54 Å². The molecule has 168 valence electrons. The van der Waals surface area contributed by atoms with Crippen LogP contribution in [-0.4, -0.2) is 64.1 Å². The molecule has 33 heavy (non-hydrogen) atoms. The van der Waals surface area contributed by atoms with E-state index < -0.39 is 0 Å². The monoisotopic (exact) mass is 443 g/mol. The van der Waals surface area contributed by atoms with E-state index in [1.165, 1.54) is 5.56 Å². The molecule has 0 bridgehead atoms. The number of piperazine rings is 1. The lowest BCUT2D eigenvalue weighted by Crippen LogP contribution is -2.48. The fraction of sp³-hybridized carbons (Fsp3) is 0.280. The molecule has 1 fully saturated rings. The molecule has 0 unspecified atom stereocenters. The Labute approximate surface area is 191 Å². The van der Waals surface area contributed by atoms with Crippen LogP contribution in [0.1, 0.15) is 21.6 Å². The number of benzene rings is 1. The average Bonchev–Trinajstić information content (AvgIpc) is 3.25. The predicted molar refractivity (Wildman–Crippen MR) is 124 cm³/mol. The van der Waals surface area contributed by atoms with Crippen molar-refractivity contribution in [2.75, 3.05) is 33.3 Å². The first-order valence-corrected chi connectivity index (χ1v) is 10.9. The van der Waals surface area contributed by atoms with E-state index in [1.54, 1.807) is 13.3 Å². The fourth-order valence-electron chi connectivity index (χ4n) is 4.20. The number of ether oxygens (including phenoxy) is 1. The van der Waals surface area contributed by atoms with Gasteiger partial charge in [-0.05, 0) is 48.9 Å². The van der Waals surface area contributed by atoms with Gasteiger partial charge in [0.2, 0.25) is 0 Å². The van der Waals surface area contributed by atoms with Crippen molar-refractivity contribution in [2.45, 2.75) is 13.5 Å². The van der Waals surface area contributed by atoms with Gasteiger partial charge < -0.3 is 14.2 Å². The molecule has 1 amide bonds. The third kappa shape index (κ3) is 4.29. The van der Waals surface area contributed by atoms with Gasteiger partial charge in [0.05, 0.1) is 29.4 Å². The average molecular weight is 444 g/mol. The van der Waals surface area contributed by atoms with Crippen molar-refractivity contribution < 1.29 is 14.1 Å². The van der Waals surface area contributed by atoms with Crippen molar-refractivity contribution in [3.05, 3.63) is 71.7 Å². The standard InChI is InChI=1S/C25H25N5O3/c1-17-23-21(14-22(27-24(23)33-28-17)19-5-7-20(32-2)8-6-19)25(31)30-12-10-29(11-13-30)16-18-4-3-9-26-15-18/h3-9,14-15H,10-13,16H2,1-2H3. The van der Waals surface area contributed by atoms with Gasteiger partial charge >= 0.3 is 0 Å². The molecule has 3 aromatic heterocycles. The molecule has 1 saturated heterocycles. The molecular weight excluding hydrogens is 418 g/mol. The van der Waals surface area contributed by atoms with Gasteiger partial charge in [-0.15, -0.1) is 0 Å². The van der Waals surface area contributed by atoms with Gasteiger partial charge in [-0.25, -0.2) is 4.98 Å². The topological polar surface area (TPSA) is 84.6 Å². The van der Waals surface area contributed by atoms with Crippen LogP contribution in [0.2, 0.25) is 0 Å². The predicted octanol–water partition coefficient (Wildman–Crippen LogP) is 3.56. The normalized spacial score (nSPS) is 14.5. The summed E-state index contributed by atoms with van der Waals surface area (Å²) in [7, 11) is 1.63. The molecule has 1 aliphatic heterocycles. The van der Waals surface area contributed by atoms with Crippen LogP contribution in [0.25, 0.3) is 22.4 Å². The van der Waals surface area contributed by atoms with Crippen molar-refractivity contribution in [3.8, 4) is 17.0 Å². The SMILES string of the molecule is COc1ccc(-c2cc(C(=O)N3CCN(Cc4cccnc4)CC3)c3c(C)noc3n2)cc1. The smallest absolute Gasteiger partial charge is 0.259 e. The molecule has 0 atom stereocenters. The number of methoxy groups -OCH3 is 1. The largest absolute Gasteiger partial charge is 0.497 e. The van der Waals surface area contributed by atoms with Gasteiger partial charge in [0, 0.05) is 50.7 Å². The Morgan fingerprint density at radius 1 is 1.12 bits per heavy atom. The van der Waals surface area contributed by atoms with E-state index in [9.17, 15) is 4.79 Å². The third-order valence-corrected chi connectivity index (χ3v) is 6.02. The van der Waals surface area contributed by atoms with Crippen LogP contribution in [0.15, 0.2) is 59.4 Å². The van der Waals surface area contributed by atoms with Crippen molar-refractivity contribution in [2.24, 2.45) is 0 Å². The summed E-state index contributed by atoms with van der Waals surface area (Å²) in [4.78, 5) is 26.6. The molecule has 8 nitrogen and oxygen atoms in total. The van der Waals surface area contributed by atoms with E-state index in [4.69, 9.17) is 9.26 Å². The minimum atomic E-state index is -0.0236. The summed E-state index contributed by atoms with van der Waals surface area (Å²) in [5.41, 5.74) is 4.33. The Hall–Kier alpha value is -3.78. The number of carbonyl (C=O) groups excluding carboxylic acids is 1. The van der Waals surface area contributed by atoms with Gasteiger partial charge in [0.1, 0.15) is 5.75 Å². The Morgan fingerprint density at radius 2 is 1.91 bits per heavy atom. The zero-order chi connectivity index (χ0) is 22.8. The molecule has 4 heterocycles. The highest BCUT2D eigenvalue weighted by molar-refractivity contribution is 6.07. The van der Waals surface area contributed by atoms with Gasteiger partial charge in [-0.2, -0.15) is 0 Å². The number of hydrogen-bond donors (Lipinski definition) is 0. The number of rotatable bonds is 5. The Balaban J connectivity index is 1.39. The molecule has 0 aliphatic carbocycles. The Bertz CT molecular complexity index is 1260. The zero-order valence-electron chi connectivity index (χ0n) is 18.7. The summed E-state index contributed by atoms with van der Waals surface area (Å²) in [6, 6.07) is 13.5. The number of hydrogen-bond acceptors (Lipinski definition) is 7. The summed E-state index contributed by atoms with van der Waals surface area (Å²) in [6.07, 6.45) is 3.67. The lowest BCUT2D eigenvalue weighted by atomic mass is 10.0. The van der Waals surface area contributed by atoms with E-state index in [0.29, 0.717) is 41.1 Å². The van der Waals surface area contributed by atoms with Crippen molar-refractivity contribution in [1.29, 1.82) is 0 Å². The lowest BCUT2D eigenvalue weighted by Gasteiger charge is -2.34. The first kappa shape index (κ1) is 21.1. The number of amides is 1. The van der Waals surface area contributed by atoms with Crippen LogP contribution in [0.4, 0.5) is 0 Å². The minimum Gasteiger partial charge on any atom is -0.497 e. The molecule has 4 aromatic rings. The highest BCUT2D eigenvalue weighted by Crippen LogP contribution is 2.29. The Morgan fingerprint density at radius 3 is 2.61 bits per heavy atom. The number of nitrogens with zero attached hydrogens (tertiary/aromatic N) is 5. The molecule has 0 saturated carbocycles. The van der Waals surface area contributed by atoms with Crippen LogP contribution in [0.3, 0.4) is 0 Å². The summed E-state index contributed by atoms with van der Waals surface area (Å²) in [5.74, 6) is 0.736. The van der Waals surface area contributed by atoms with E-state index in [-0.39, 0.29) is 5.91 Å². The zero-order valence-corrected chi connectivity index (χ0v) is 18.7. The molecule has 0 N–H and O–H groups in total. The van der Waals surface area contributed by atoms with E-state index in [0.717, 1.165) is 30.9 Å². The van der Waals surface area contributed by atoms with Crippen LogP contribution in [0, 0.1) is 6.92 Å². The summed E-state index contributed by atoms with van der Waals surface area (Å²) in [5, 5.41) is 4.74. The number of carbonyl (C=O) groups is 1. The first-order valence-electron chi connectivity index (χ1n) is 10.9. The highest BCUT2D eigenvalue weighted by Gasteiger charge is 2.26. The molecule has 0 spiro atoms. The van der Waals surface area contributed by atoms with Crippen LogP contribution >= 0.6 is 0 Å². The molecule has 0 radical (unpaired) electrons. The van der Waals surface area contributed by atoms with Gasteiger partial charge in [0.25, 0.3) is 11.6 Å². The van der Waals surface area contributed by atoms with E-state index >= 15 is 0 Å². The highest BCUT2D eigenvalue weighted by atomic mass is 16.5. The third-order valence-electron chi connectivity index (χ3n) is 6.02. The van der Waals surface area contributed by atoms with Gasteiger partial charge in [0.15, 0.2) is 0 Å². The lowest BCUT2D eigenvalue weighted by molar-refractivity contribution is 0.0630. The second-order valence-corrected chi connectivity index (χ2v) is 8.16. The number of fused-ring (bicyclic) bond motifs is 1. The van der Waals surface area contributed by atoms with Crippen LogP contribution < -0.4 is 4.74 Å². The fourth-order valence-corrected chi connectivity index (χ4v) is 4.20. The van der Waals surface area contributed by atoms with Gasteiger partial charge in [-0.1, -0.05) is 11.2 Å². The summed E-state index contributed by atoms with van der Waals surface area (Å²) >= 11 is 0. The minimum absolute atomic E-state index is 0.0236. The van der Waals surface area contributed by atoms with E-state index in [1.807, 2.05) is 54.4 Å². The van der Waals surface area contributed by atoms with Gasteiger partial charge in [-0.3, -0.25) is 14.7 Å². The van der Waals surface area contributed by atoms with Crippen molar-refractivity contribution in [1.82, 2.24) is 24.9 Å². The Kier molecular flexibility index (Phi) is 5.75. The molecule has 8 heteroatoms. The maximum absolute atomic E-state index is 13.6. The van der Waals surface area contributed by atoms with Crippen molar-refractivity contribution >= 4 is 17.0 Å². The second-order valence-electron chi connectivity index (χ2n) is 8.16. The van der Waals surface area contributed by atoms with Crippen molar-refractivity contribution in [3.63, 3.8) is 0 Å².